The lowest BCUT2D eigenvalue weighted by molar-refractivity contribution is 1.54. The highest BCUT2D eigenvalue weighted by atomic mass is 14.9. The Bertz CT molecular complexity index is 2600. The number of rotatable bonds is 5. The Hall–Kier alpha value is -6.18. The van der Waals surface area contributed by atoms with Crippen molar-refractivity contribution >= 4 is 54.5 Å². The molecule has 0 heterocycles. The van der Waals surface area contributed by atoms with Gasteiger partial charge in [-0.3, -0.25) is 0 Å². The van der Waals surface area contributed by atoms with Crippen molar-refractivity contribution in [1.29, 1.82) is 0 Å². The summed E-state index contributed by atoms with van der Waals surface area (Å²) in [5.74, 6) is 0. The van der Waals surface area contributed by atoms with Crippen molar-refractivity contribution < 1.29 is 0 Å². The third-order valence-corrected chi connectivity index (χ3v) is 9.37. The second-order valence-corrected chi connectivity index (χ2v) is 12.2. The maximum absolute atomic E-state index is 3.81. The smallest absolute Gasteiger partial charge is 0.0396 e. The van der Waals surface area contributed by atoms with E-state index in [2.05, 4.69) is 187 Å². The van der Waals surface area contributed by atoms with E-state index in [0.717, 1.165) is 11.4 Å². The Balaban J connectivity index is 1.20. The van der Waals surface area contributed by atoms with Gasteiger partial charge in [-0.05, 0) is 113 Å². The first-order chi connectivity index (χ1) is 23.3. The van der Waals surface area contributed by atoms with Crippen LogP contribution in [0.25, 0.3) is 76.5 Å². The molecule has 0 radical (unpaired) electrons. The van der Waals surface area contributed by atoms with Crippen molar-refractivity contribution in [1.82, 2.24) is 0 Å². The molecule has 47 heavy (non-hydrogen) atoms. The van der Waals surface area contributed by atoms with Gasteiger partial charge in [0.1, 0.15) is 0 Å². The molecule has 0 aliphatic carbocycles. The number of nitrogens with one attached hydrogen (secondary N) is 1. The Labute approximate surface area is 274 Å². The Kier molecular flexibility index (Phi) is 6.54. The van der Waals surface area contributed by atoms with E-state index >= 15 is 0 Å². The molecule has 9 rings (SSSR count). The summed E-state index contributed by atoms with van der Waals surface area (Å²) in [7, 11) is 0. The summed E-state index contributed by atoms with van der Waals surface area (Å²) >= 11 is 0. The highest BCUT2D eigenvalue weighted by molar-refractivity contribution is 6.16. The molecule has 9 aromatic carbocycles. The summed E-state index contributed by atoms with van der Waals surface area (Å²) in [6.07, 6.45) is 0. The number of hydrogen-bond acceptors (Lipinski definition) is 1. The summed E-state index contributed by atoms with van der Waals surface area (Å²) < 4.78 is 0. The van der Waals surface area contributed by atoms with E-state index in [4.69, 9.17) is 0 Å². The maximum atomic E-state index is 3.81. The lowest BCUT2D eigenvalue weighted by Gasteiger charge is -2.17. The van der Waals surface area contributed by atoms with Crippen molar-refractivity contribution in [3.63, 3.8) is 0 Å². The van der Waals surface area contributed by atoms with Crippen LogP contribution >= 0.6 is 0 Å². The number of hydrogen-bond donors (Lipinski definition) is 1. The SMILES string of the molecule is c1ccc(-c2cc(Nc3cc(-c4cc5ccccc5c5ccccc45)c4ccccc4c3)ccc2-c2ccc3ccccc3c2)cc1. The lowest BCUT2D eigenvalue weighted by Crippen LogP contribution is -1.95. The number of anilines is 2. The van der Waals surface area contributed by atoms with Gasteiger partial charge in [-0.25, -0.2) is 0 Å². The van der Waals surface area contributed by atoms with Crippen LogP contribution in [0.1, 0.15) is 0 Å². The minimum absolute atomic E-state index is 1.05. The fourth-order valence-electron chi connectivity index (χ4n) is 7.14. The molecule has 1 N–H and O–H groups in total. The number of fused-ring (bicyclic) bond motifs is 5. The molecule has 9 aromatic rings. The second kappa shape index (κ2) is 11.3. The molecule has 220 valence electrons. The van der Waals surface area contributed by atoms with Gasteiger partial charge in [-0.15, -0.1) is 0 Å². The molecule has 0 unspecified atom stereocenters. The van der Waals surface area contributed by atoms with Gasteiger partial charge in [0, 0.05) is 11.4 Å². The van der Waals surface area contributed by atoms with Gasteiger partial charge in [0.05, 0.1) is 0 Å². The van der Waals surface area contributed by atoms with Gasteiger partial charge in [0.15, 0.2) is 0 Å². The topological polar surface area (TPSA) is 12.0 Å². The van der Waals surface area contributed by atoms with Crippen molar-refractivity contribution in [3.05, 3.63) is 182 Å². The van der Waals surface area contributed by atoms with Crippen molar-refractivity contribution in [2.45, 2.75) is 0 Å². The van der Waals surface area contributed by atoms with Gasteiger partial charge in [-0.1, -0.05) is 146 Å². The third-order valence-electron chi connectivity index (χ3n) is 9.37. The van der Waals surface area contributed by atoms with Crippen molar-refractivity contribution in [2.75, 3.05) is 5.32 Å². The first-order valence-electron chi connectivity index (χ1n) is 16.2. The highest BCUT2D eigenvalue weighted by Gasteiger charge is 2.14. The summed E-state index contributed by atoms with van der Waals surface area (Å²) in [6, 6.07) is 65.9. The summed E-state index contributed by atoms with van der Waals surface area (Å²) in [6.45, 7) is 0. The predicted octanol–water partition coefficient (Wildman–Crippen LogP) is 13.0. The minimum Gasteiger partial charge on any atom is -0.355 e. The van der Waals surface area contributed by atoms with Crippen LogP contribution in [-0.4, -0.2) is 0 Å². The largest absolute Gasteiger partial charge is 0.355 e. The van der Waals surface area contributed by atoms with Crippen LogP contribution in [0.3, 0.4) is 0 Å². The molecule has 1 nitrogen and oxygen atoms in total. The predicted molar refractivity (Wildman–Crippen MR) is 202 cm³/mol. The van der Waals surface area contributed by atoms with E-state index in [1.807, 2.05) is 0 Å². The second-order valence-electron chi connectivity index (χ2n) is 12.2. The fourth-order valence-corrected chi connectivity index (χ4v) is 7.14. The molecule has 0 aromatic heterocycles. The monoisotopic (exact) mass is 597 g/mol. The van der Waals surface area contributed by atoms with Gasteiger partial charge >= 0.3 is 0 Å². The zero-order valence-electron chi connectivity index (χ0n) is 25.8. The van der Waals surface area contributed by atoms with Crippen LogP contribution in [-0.2, 0) is 0 Å². The van der Waals surface area contributed by atoms with E-state index in [9.17, 15) is 0 Å². The molecule has 0 aliphatic heterocycles. The molecule has 0 saturated carbocycles. The average molecular weight is 598 g/mol. The quantitative estimate of drug-likeness (QED) is 0.195. The van der Waals surface area contributed by atoms with Crippen LogP contribution in [0.15, 0.2) is 182 Å². The Morgan fingerprint density at radius 3 is 1.66 bits per heavy atom. The van der Waals surface area contributed by atoms with E-state index in [0.29, 0.717) is 0 Å². The average Bonchev–Trinajstić information content (AvgIpc) is 3.14. The van der Waals surface area contributed by atoms with E-state index in [-0.39, 0.29) is 0 Å². The molecule has 0 aliphatic rings. The molecule has 1 heteroatoms. The molecule has 0 spiro atoms. The van der Waals surface area contributed by atoms with Crippen LogP contribution in [0.5, 0.6) is 0 Å². The van der Waals surface area contributed by atoms with Crippen molar-refractivity contribution in [2.24, 2.45) is 0 Å². The molecule has 0 bridgehead atoms. The summed E-state index contributed by atoms with van der Waals surface area (Å²) in [4.78, 5) is 0. The molecule has 0 amide bonds. The van der Waals surface area contributed by atoms with Gasteiger partial charge in [0.25, 0.3) is 0 Å². The Morgan fingerprint density at radius 2 is 0.851 bits per heavy atom. The van der Waals surface area contributed by atoms with Crippen LogP contribution in [0, 0.1) is 0 Å². The summed E-state index contributed by atoms with van der Waals surface area (Å²) in [5, 5.41) is 13.8. The molecule has 0 atom stereocenters. The molecular weight excluding hydrogens is 567 g/mol. The van der Waals surface area contributed by atoms with E-state index in [1.165, 1.54) is 76.5 Å². The first-order valence-corrected chi connectivity index (χ1v) is 16.2. The van der Waals surface area contributed by atoms with Crippen LogP contribution in [0.4, 0.5) is 11.4 Å². The molecule has 0 fully saturated rings. The maximum Gasteiger partial charge on any atom is 0.0396 e. The normalized spacial score (nSPS) is 11.4. The Morgan fingerprint density at radius 1 is 0.255 bits per heavy atom. The summed E-state index contributed by atoms with van der Waals surface area (Å²) in [5.41, 5.74) is 9.42. The minimum atomic E-state index is 1.05. The molecule has 0 saturated heterocycles. The van der Waals surface area contributed by atoms with Gasteiger partial charge in [-0.2, -0.15) is 0 Å². The van der Waals surface area contributed by atoms with Gasteiger partial charge in [0.2, 0.25) is 0 Å². The third kappa shape index (κ3) is 4.90. The fraction of sp³-hybridized carbons (Fsp3) is 0. The van der Waals surface area contributed by atoms with Crippen molar-refractivity contribution in [3.8, 4) is 33.4 Å². The van der Waals surface area contributed by atoms with E-state index in [1.54, 1.807) is 0 Å². The lowest BCUT2D eigenvalue weighted by atomic mass is 9.90. The first kappa shape index (κ1) is 27.2. The zero-order valence-corrected chi connectivity index (χ0v) is 25.8. The zero-order chi connectivity index (χ0) is 31.2. The van der Waals surface area contributed by atoms with Crippen LogP contribution < -0.4 is 5.32 Å². The van der Waals surface area contributed by atoms with E-state index < -0.39 is 0 Å². The van der Waals surface area contributed by atoms with Gasteiger partial charge < -0.3 is 5.32 Å². The van der Waals surface area contributed by atoms with Crippen LogP contribution in [0.2, 0.25) is 0 Å². The standard InChI is InChI=1S/C46H31N/c1-2-13-32(14-3-1)44-29-37(24-25-41(44)36-23-22-31-12-4-5-15-33(31)26-36)47-38-27-34-16-6-9-19-40(34)46(30-38)45-28-35-17-7-8-18-39(35)42-20-10-11-21-43(42)45/h1-30,47H. The molecular formula is C46H31N. The highest BCUT2D eigenvalue weighted by Crippen LogP contribution is 2.41. The number of benzene rings is 9.